The van der Waals surface area contributed by atoms with Gasteiger partial charge in [0.1, 0.15) is 5.69 Å². The van der Waals surface area contributed by atoms with Crippen LogP contribution in [0.2, 0.25) is 0 Å². The third-order valence-corrected chi connectivity index (χ3v) is 3.13. The molecular formula is C15H13F4N3O2. The van der Waals surface area contributed by atoms with Gasteiger partial charge >= 0.3 is 6.09 Å². The van der Waals surface area contributed by atoms with Gasteiger partial charge in [0.2, 0.25) is 11.6 Å². The van der Waals surface area contributed by atoms with Crippen LogP contribution in [0.4, 0.5) is 33.7 Å². The number of rotatable bonds is 4. The summed E-state index contributed by atoms with van der Waals surface area (Å²) in [5.41, 5.74) is -0.0665. The van der Waals surface area contributed by atoms with Crippen molar-refractivity contribution in [2.75, 3.05) is 19.5 Å². The van der Waals surface area contributed by atoms with Gasteiger partial charge in [-0.3, -0.25) is 0 Å². The molecule has 0 aliphatic rings. The summed E-state index contributed by atoms with van der Waals surface area (Å²) in [6.45, 7) is 0.244. The summed E-state index contributed by atoms with van der Waals surface area (Å²) in [6, 6.07) is 6.03. The molecular weight excluding hydrogens is 330 g/mol. The fourth-order valence-corrected chi connectivity index (χ4v) is 1.93. The number of hydrogen-bond donors (Lipinski definition) is 1. The van der Waals surface area contributed by atoms with E-state index in [2.05, 4.69) is 15.0 Å². The van der Waals surface area contributed by atoms with Crippen LogP contribution in [0.1, 0.15) is 5.56 Å². The molecule has 1 N–H and O–H groups in total. The largest absolute Gasteiger partial charge is 0.453 e. The maximum Gasteiger partial charge on any atom is 0.409 e. The van der Waals surface area contributed by atoms with Crippen LogP contribution in [0.5, 0.6) is 0 Å². The van der Waals surface area contributed by atoms with Crippen LogP contribution in [-0.4, -0.2) is 30.1 Å². The quantitative estimate of drug-likeness (QED) is 0.681. The lowest BCUT2D eigenvalue weighted by atomic mass is 10.2. The zero-order chi connectivity index (χ0) is 17.9. The molecule has 0 unspecified atom stereocenters. The first kappa shape index (κ1) is 17.5. The molecule has 0 saturated carbocycles. The number of nitrogens with one attached hydrogen (secondary N) is 1. The predicted octanol–water partition coefficient (Wildman–Crippen LogP) is 3.58. The summed E-state index contributed by atoms with van der Waals surface area (Å²) in [5.74, 6) is -6.73. The number of benzene rings is 1. The Balaban J connectivity index is 2.17. The molecule has 1 amide bonds. The van der Waals surface area contributed by atoms with Gasteiger partial charge in [0.25, 0.3) is 11.9 Å². The Morgan fingerprint density at radius 1 is 1.12 bits per heavy atom. The maximum absolute atomic E-state index is 13.5. The lowest BCUT2D eigenvalue weighted by molar-refractivity contribution is 0.131. The molecule has 0 atom stereocenters. The number of methoxy groups -OCH3 is 1. The summed E-state index contributed by atoms with van der Waals surface area (Å²) in [4.78, 5) is 15.1. The number of aromatic nitrogens is 1. The molecule has 0 spiro atoms. The van der Waals surface area contributed by atoms with E-state index >= 15 is 0 Å². The SMILES string of the molecule is COC(=O)N(C)Cc1ccc(Nc2c(F)c(F)nc(F)c2F)cc1. The number of carbonyl (C=O) groups is 1. The van der Waals surface area contributed by atoms with Crippen LogP contribution in [0.25, 0.3) is 0 Å². The van der Waals surface area contributed by atoms with Crippen LogP contribution >= 0.6 is 0 Å². The molecule has 128 valence electrons. The zero-order valence-corrected chi connectivity index (χ0v) is 12.7. The summed E-state index contributed by atoms with van der Waals surface area (Å²) >= 11 is 0. The second kappa shape index (κ2) is 7.16. The van der Waals surface area contributed by atoms with E-state index in [1.807, 2.05) is 0 Å². The Morgan fingerprint density at radius 3 is 2.17 bits per heavy atom. The van der Waals surface area contributed by atoms with Crippen molar-refractivity contribution < 1.29 is 27.1 Å². The van der Waals surface area contributed by atoms with E-state index in [-0.39, 0.29) is 12.2 Å². The van der Waals surface area contributed by atoms with E-state index in [1.165, 1.54) is 31.2 Å². The van der Waals surface area contributed by atoms with E-state index in [4.69, 9.17) is 0 Å². The topological polar surface area (TPSA) is 54.5 Å². The summed E-state index contributed by atoms with van der Waals surface area (Å²) in [7, 11) is 2.78. The second-order valence-electron chi connectivity index (χ2n) is 4.84. The first-order chi connectivity index (χ1) is 11.3. The van der Waals surface area contributed by atoms with Gasteiger partial charge in [-0.2, -0.15) is 22.5 Å². The Kier molecular flexibility index (Phi) is 5.22. The maximum atomic E-state index is 13.5. The van der Waals surface area contributed by atoms with Crippen molar-refractivity contribution >= 4 is 17.5 Å². The highest BCUT2D eigenvalue weighted by atomic mass is 19.2. The van der Waals surface area contributed by atoms with Crippen molar-refractivity contribution in [3.8, 4) is 0 Å². The average molecular weight is 343 g/mol. The van der Waals surface area contributed by atoms with Gasteiger partial charge in [0.05, 0.1) is 7.11 Å². The number of nitrogens with zero attached hydrogens (tertiary/aromatic N) is 2. The molecule has 2 aromatic rings. The van der Waals surface area contributed by atoms with Crippen molar-refractivity contribution in [3.05, 3.63) is 53.4 Å². The van der Waals surface area contributed by atoms with Crippen molar-refractivity contribution in [1.29, 1.82) is 0 Å². The number of pyridine rings is 1. The Labute approximate surface area is 134 Å². The Morgan fingerprint density at radius 2 is 1.67 bits per heavy atom. The van der Waals surface area contributed by atoms with Crippen molar-refractivity contribution in [2.45, 2.75) is 6.54 Å². The van der Waals surface area contributed by atoms with Crippen LogP contribution in [0.3, 0.4) is 0 Å². The van der Waals surface area contributed by atoms with E-state index in [0.29, 0.717) is 5.56 Å². The highest BCUT2D eigenvalue weighted by molar-refractivity contribution is 5.67. The number of hydrogen-bond acceptors (Lipinski definition) is 4. The summed E-state index contributed by atoms with van der Waals surface area (Å²) in [6.07, 6.45) is -0.524. The van der Waals surface area contributed by atoms with Crippen LogP contribution in [-0.2, 0) is 11.3 Å². The minimum atomic E-state index is -1.74. The van der Waals surface area contributed by atoms with Gasteiger partial charge < -0.3 is 15.0 Å². The van der Waals surface area contributed by atoms with E-state index < -0.39 is 35.3 Å². The van der Waals surface area contributed by atoms with Crippen molar-refractivity contribution in [3.63, 3.8) is 0 Å². The normalized spacial score (nSPS) is 10.4. The smallest absolute Gasteiger partial charge is 0.409 e. The molecule has 1 aromatic heterocycles. The number of halogens is 4. The monoisotopic (exact) mass is 343 g/mol. The van der Waals surface area contributed by atoms with Crippen LogP contribution in [0, 0.1) is 23.5 Å². The van der Waals surface area contributed by atoms with Gasteiger partial charge in [-0.25, -0.2) is 4.79 Å². The number of amides is 1. The minimum Gasteiger partial charge on any atom is -0.453 e. The molecule has 9 heteroatoms. The average Bonchev–Trinajstić information content (AvgIpc) is 2.57. The molecule has 0 aliphatic heterocycles. The Hall–Kier alpha value is -2.84. The third kappa shape index (κ3) is 3.73. The molecule has 0 radical (unpaired) electrons. The predicted molar refractivity (Wildman–Crippen MR) is 77.7 cm³/mol. The number of ether oxygens (including phenoxy) is 1. The van der Waals surface area contributed by atoms with Crippen molar-refractivity contribution in [2.24, 2.45) is 0 Å². The summed E-state index contributed by atoms with van der Waals surface area (Å²) in [5, 5.41) is 2.26. The molecule has 5 nitrogen and oxygen atoms in total. The summed E-state index contributed by atoms with van der Waals surface area (Å²) < 4.78 is 57.8. The van der Waals surface area contributed by atoms with Gasteiger partial charge in [-0.05, 0) is 17.7 Å². The zero-order valence-electron chi connectivity index (χ0n) is 12.7. The molecule has 0 saturated heterocycles. The lowest BCUT2D eigenvalue weighted by Gasteiger charge is -2.16. The van der Waals surface area contributed by atoms with E-state index in [1.54, 1.807) is 12.1 Å². The van der Waals surface area contributed by atoms with E-state index in [0.717, 1.165) is 0 Å². The van der Waals surface area contributed by atoms with Gasteiger partial charge in [0.15, 0.2) is 0 Å². The fraction of sp³-hybridized carbons (Fsp3) is 0.200. The molecule has 0 bridgehead atoms. The highest BCUT2D eigenvalue weighted by Crippen LogP contribution is 2.26. The van der Waals surface area contributed by atoms with Crippen molar-refractivity contribution in [1.82, 2.24) is 9.88 Å². The molecule has 24 heavy (non-hydrogen) atoms. The molecule has 1 heterocycles. The number of anilines is 2. The number of carbonyl (C=O) groups excluding carboxylic acids is 1. The first-order valence-corrected chi connectivity index (χ1v) is 6.68. The molecule has 0 fully saturated rings. The lowest BCUT2D eigenvalue weighted by Crippen LogP contribution is -2.25. The Bertz CT molecular complexity index is 727. The van der Waals surface area contributed by atoms with Gasteiger partial charge in [0, 0.05) is 19.3 Å². The first-order valence-electron chi connectivity index (χ1n) is 6.68. The second-order valence-corrected chi connectivity index (χ2v) is 4.84. The molecule has 0 aliphatic carbocycles. The molecule has 1 aromatic carbocycles. The van der Waals surface area contributed by atoms with Crippen LogP contribution < -0.4 is 5.32 Å². The fourth-order valence-electron chi connectivity index (χ4n) is 1.93. The third-order valence-electron chi connectivity index (χ3n) is 3.13. The van der Waals surface area contributed by atoms with Crippen LogP contribution in [0.15, 0.2) is 24.3 Å². The van der Waals surface area contributed by atoms with E-state index in [9.17, 15) is 22.4 Å². The highest BCUT2D eigenvalue weighted by Gasteiger charge is 2.20. The minimum absolute atomic E-state index is 0.197. The van der Waals surface area contributed by atoms with Gasteiger partial charge in [-0.1, -0.05) is 12.1 Å². The van der Waals surface area contributed by atoms with Gasteiger partial charge in [-0.15, -0.1) is 0 Å². The standard InChI is InChI=1S/C15H13F4N3O2/c1-22(15(23)24-2)7-8-3-5-9(6-4-8)20-12-10(16)13(18)21-14(19)11(12)17/h3-6H,7H2,1-2H3,(H,20,21). The molecule has 2 rings (SSSR count).